The highest BCUT2D eigenvalue weighted by molar-refractivity contribution is 5.88. The van der Waals surface area contributed by atoms with Crippen LogP contribution in [-0.2, 0) is 9.63 Å². The number of carbonyl (C=O) groups excluding carboxylic acids is 1. The maximum absolute atomic E-state index is 11.7. The molecule has 4 heteroatoms. The number of hydroxylamine groups is 2. The largest absolute Gasteiger partial charge is 0.301 e. The van der Waals surface area contributed by atoms with Crippen molar-refractivity contribution in [2.75, 3.05) is 14.2 Å². The summed E-state index contributed by atoms with van der Waals surface area (Å²) in [4.78, 5) is 16.6. The van der Waals surface area contributed by atoms with Crippen LogP contribution in [0.2, 0.25) is 0 Å². The minimum Gasteiger partial charge on any atom is -0.301 e. The summed E-state index contributed by atoms with van der Waals surface area (Å²) in [5.41, 5.74) is -0.334. The van der Waals surface area contributed by atoms with Crippen LogP contribution in [0.1, 0.15) is 26.7 Å². The number of carbonyl (C=O) groups is 1. The predicted octanol–water partition coefficient (Wildman–Crippen LogP) is 0.537. The van der Waals surface area contributed by atoms with E-state index >= 15 is 0 Å². The van der Waals surface area contributed by atoms with E-state index in [1.165, 1.54) is 12.2 Å². The molecule has 1 aliphatic carbocycles. The minimum atomic E-state index is -0.334. The van der Waals surface area contributed by atoms with Crippen molar-refractivity contribution >= 4 is 5.91 Å². The molecule has 76 valence electrons. The van der Waals surface area contributed by atoms with Crippen molar-refractivity contribution in [3.63, 3.8) is 0 Å². The highest BCUT2D eigenvalue weighted by atomic mass is 16.7. The molecule has 0 saturated heterocycles. The molecule has 1 N–H and O–H groups in total. The van der Waals surface area contributed by atoms with E-state index in [0.29, 0.717) is 6.04 Å². The summed E-state index contributed by atoms with van der Waals surface area (Å²) in [6.45, 7) is 4.08. The summed E-state index contributed by atoms with van der Waals surface area (Å²) < 4.78 is 0. The van der Waals surface area contributed by atoms with Crippen molar-refractivity contribution in [1.82, 2.24) is 10.4 Å². The number of rotatable bonds is 4. The lowest BCUT2D eigenvalue weighted by Crippen LogP contribution is -2.49. The first-order valence-electron chi connectivity index (χ1n) is 4.62. The topological polar surface area (TPSA) is 41.6 Å². The lowest BCUT2D eigenvalue weighted by molar-refractivity contribution is -0.172. The zero-order valence-corrected chi connectivity index (χ0v) is 8.76. The van der Waals surface area contributed by atoms with Gasteiger partial charge in [0.1, 0.15) is 5.54 Å². The molecule has 0 aliphatic heterocycles. The van der Waals surface area contributed by atoms with Gasteiger partial charge >= 0.3 is 0 Å². The van der Waals surface area contributed by atoms with Crippen molar-refractivity contribution in [3.8, 4) is 0 Å². The molecule has 0 unspecified atom stereocenters. The van der Waals surface area contributed by atoms with Gasteiger partial charge in [-0.15, -0.1) is 0 Å². The molecule has 0 atom stereocenters. The van der Waals surface area contributed by atoms with Gasteiger partial charge in [0.15, 0.2) is 0 Å². The summed E-state index contributed by atoms with van der Waals surface area (Å²) in [5.74, 6) is 0.0312. The molecule has 1 saturated carbocycles. The van der Waals surface area contributed by atoms with Crippen molar-refractivity contribution < 1.29 is 9.63 Å². The Morgan fingerprint density at radius 2 is 2.08 bits per heavy atom. The Kier molecular flexibility index (Phi) is 2.93. The summed E-state index contributed by atoms with van der Waals surface area (Å²) in [6, 6.07) is 0.330. The fraction of sp³-hybridized carbons (Fsp3) is 0.889. The van der Waals surface area contributed by atoms with E-state index in [4.69, 9.17) is 4.84 Å². The number of amides is 1. The fourth-order valence-electron chi connectivity index (χ4n) is 1.48. The molecule has 0 spiro atoms. The Balaban J connectivity index is 2.55. The second kappa shape index (κ2) is 3.64. The first-order chi connectivity index (χ1) is 6.02. The van der Waals surface area contributed by atoms with Crippen LogP contribution in [0.3, 0.4) is 0 Å². The van der Waals surface area contributed by atoms with Gasteiger partial charge in [-0.25, -0.2) is 5.06 Å². The lowest BCUT2D eigenvalue weighted by Gasteiger charge is -2.23. The fourth-order valence-corrected chi connectivity index (χ4v) is 1.48. The van der Waals surface area contributed by atoms with Crippen LogP contribution in [0.5, 0.6) is 0 Å². The average molecular weight is 186 g/mol. The van der Waals surface area contributed by atoms with Crippen LogP contribution in [-0.4, -0.2) is 36.7 Å². The molecule has 0 aromatic heterocycles. The summed E-state index contributed by atoms with van der Waals surface area (Å²) >= 11 is 0. The highest BCUT2D eigenvalue weighted by Crippen LogP contribution is 2.37. The molecule has 1 amide bonds. The van der Waals surface area contributed by atoms with Gasteiger partial charge in [0.05, 0.1) is 7.11 Å². The maximum atomic E-state index is 11.7. The second-order valence-corrected chi connectivity index (χ2v) is 3.87. The SMILES string of the molecule is CON(C)C(=O)C1(NC(C)C)CC1. The van der Waals surface area contributed by atoms with Crippen LogP contribution in [0.15, 0.2) is 0 Å². The van der Waals surface area contributed by atoms with Gasteiger partial charge in [-0.05, 0) is 26.7 Å². The van der Waals surface area contributed by atoms with Crippen molar-refractivity contribution in [2.45, 2.75) is 38.3 Å². The Morgan fingerprint density at radius 3 is 2.38 bits per heavy atom. The number of hydrogen-bond acceptors (Lipinski definition) is 3. The second-order valence-electron chi connectivity index (χ2n) is 3.87. The van der Waals surface area contributed by atoms with Gasteiger partial charge in [-0.3, -0.25) is 9.63 Å². The minimum absolute atomic E-state index is 0.0312. The number of nitrogens with zero attached hydrogens (tertiary/aromatic N) is 1. The molecule has 13 heavy (non-hydrogen) atoms. The lowest BCUT2D eigenvalue weighted by atomic mass is 10.2. The Labute approximate surface area is 79.2 Å². The van der Waals surface area contributed by atoms with Gasteiger partial charge in [0.2, 0.25) is 0 Å². The van der Waals surface area contributed by atoms with E-state index in [2.05, 4.69) is 5.32 Å². The first-order valence-corrected chi connectivity index (χ1v) is 4.62. The Bertz CT molecular complexity index is 200. The van der Waals surface area contributed by atoms with Crippen molar-refractivity contribution in [3.05, 3.63) is 0 Å². The molecule has 1 aliphatic rings. The van der Waals surface area contributed by atoms with Gasteiger partial charge in [-0.2, -0.15) is 0 Å². The van der Waals surface area contributed by atoms with Crippen molar-refractivity contribution in [1.29, 1.82) is 0 Å². The normalized spacial score (nSPS) is 18.8. The highest BCUT2D eigenvalue weighted by Gasteiger charge is 2.51. The molecule has 0 heterocycles. The zero-order valence-electron chi connectivity index (χ0n) is 8.76. The molecular weight excluding hydrogens is 168 g/mol. The molecule has 0 bridgehead atoms. The van der Waals surface area contributed by atoms with Crippen LogP contribution in [0, 0.1) is 0 Å². The van der Waals surface area contributed by atoms with Crippen LogP contribution < -0.4 is 5.32 Å². The van der Waals surface area contributed by atoms with Gasteiger partial charge in [-0.1, -0.05) is 0 Å². The molecule has 0 radical (unpaired) electrons. The van der Waals surface area contributed by atoms with Crippen LogP contribution in [0.25, 0.3) is 0 Å². The Hall–Kier alpha value is -0.610. The van der Waals surface area contributed by atoms with E-state index in [-0.39, 0.29) is 11.4 Å². The summed E-state index contributed by atoms with van der Waals surface area (Å²) in [7, 11) is 3.15. The molecule has 0 aromatic carbocycles. The monoisotopic (exact) mass is 186 g/mol. The summed E-state index contributed by atoms with van der Waals surface area (Å²) in [6.07, 6.45) is 1.83. The maximum Gasteiger partial charge on any atom is 0.266 e. The third kappa shape index (κ3) is 2.19. The smallest absolute Gasteiger partial charge is 0.266 e. The number of likely N-dealkylation sites (N-methyl/N-ethyl adjacent to an activating group) is 1. The average Bonchev–Trinajstić information content (AvgIpc) is 2.82. The Morgan fingerprint density at radius 1 is 1.54 bits per heavy atom. The number of nitrogens with one attached hydrogen (secondary N) is 1. The van der Waals surface area contributed by atoms with E-state index in [1.54, 1.807) is 7.05 Å². The molecule has 1 fully saturated rings. The van der Waals surface area contributed by atoms with E-state index in [9.17, 15) is 4.79 Å². The quantitative estimate of drug-likeness (QED) is 0.651. The number of hydrogen-bond donors (Lipinski definition) is 1. The summed E-state index contributed by atoms with van der Waals surface area (Å²) in [5, 5.41) is 4.57. The van der Waals surface area contributed by atoms with E-state index in [1.807, 2.05) is 13.8 Å². The first kappa shape index (κ1) is 10.5. The van der Waals surface area contributed by atoms with Crippen LogP contribution in [0.4, 0.5) is 0 Å². The van der Waals surface area contributed by atoms with Gasteiger partial charge in [0, 0.05) is 13.1 Å². The standard InChI is InChI=1S/C9H18N2O2/c1-7(2)10-9(5-6-9)8(12)11(3)13-4/h7,10H,5-6H2,1-4H3. The van der Waals surface area contributed by atoms with E-state index in [0.717, 1.165) is 12.8 Å². The molecule has 0 aromatic rings. The third-order valence-electron chi connectivity index (χ3n) is 2.28. The van der Waals surface area contributed by atoms with E-state index < -0.39 is 0 Å². The molecular formula is C9H18N2O2. The third-order valence-corrected chi connectivity index (χ3v) is 2.28. The zero-order chi connectivity index (χ0) is 10.1. The predicted molar refractivity (Wildman–Crippen MR) is 50.0 cm³/mol. The van der Waals surface area contributed by atoms with Gasteiger partial charge < -0.3 is 5.32 Å². The van der Waals surface area contributed by atoms with Gasteiger partial charge in [0.25, 0.3) is 5.91 Å². The molecule has 4 nitrogen and oxygen atoms in total. The van der Waals surface area contributed by atoms with Crippen molar-refractivity contribution in [2.24, 2.45) is 0 Å². The molecule has 1 rings (SSSR count). The van der Waals surface area contributed by atoms with Crippen LogP contribution >= 0.6 is 0 Å².